The van der Waals surface area contributed by atoms with Gasteiger partial charge in [-0.25, -0.2) is 14.3 Å². The van der Waals surface area contributed by atoms with Crippen LogP contribution >= 0.6 is 11.6 Å². The standard InChI is InChI=1S/C14H10ClN3O2/c1-20-14(19)12-8-11(9-2-4-10(15)5-3-9)17-13-6-7-16-18(12)13/h2-8H,1H3. The summed E-state index contributed by atoms with van der Waals surface area (Å²) in [5, 5.41) is 4.71. The van der Waals surface area contributed by atoms with Gasteiger partial charge in [0.15, 0.2) is 11.3 Å². The van der Waals surface area contributed by atoms with Crippen LogP contribution in [0.4, 0.5) is 0 Å². The number of carbonyl (C=O) groups excluding carboxylic acids is 1. The van der Waals surface area contributed by atoms with Crippen LogP contribution in [0.25, 0.3) is 16.9 Å². The Morgan fingerprint density at radius 3 is 2.70 bits per heavy atom. The number of esters is 1. The Labute approximate surface area is 119 Å². The van der Waals surface area contributed by atoms with Crippen LogP contribution in [0.3, 0.4) is 0 Å². The number of benzene rings is 1. The molecule has 3 rings (SSSR count). The van der Waals surface area contributed by atoms with E-state index in [1.54, 1.807) is 30.5 Å². The number of rotatable bonds is 2. The van der Waals surface area contributed by atoms with Gasteiger partial charge in [-0.05, 0) is 18.2 Å². The van der Waals surface area contributed by atoms with Crippen molar-refractivity contribution in [2.24, 2.45) is 0 Å². The van der Waals surface area contributed by atoms with Gasteiger partial charge in [0.1, 0.15) is 0 Å². The van der Waals surface area contributed by atoms with E-state index in [1.165, 1.54) is 11.6 Å². The number of carbonyl (C=O) groups is 1. The van der Waals surface area contributed by atoms with Crippen molar-refractivity contribution in [3.05, 3.63) is 53.3 Å². The molecule has 0 aliphatic rings. The molecule has 0 unspecified atom stereocenters. The SMILES string of the molecule is COC(=O)c1cc(-c2ccc(Cl)cc2)nc2ccnn12. The van der Waals surface area contributed by atoms with Crippen molar-refractivity contribution < 1.29 is 9.53 Å². The van der Waals surface area contributed by atoms with Gasteiger partial charge in [-0.2, -0.15) is 5.10 Å². The molecule has 0 fully saturated rings. The maximum absolute atomic E-state index is 11.8. The van der Waals surface area contributed by atoms with Crippen molar-refractivity contribution in [2.45, 2.75) is 0 Å². The molecule has 0 N–H and O–H groups in total. The fourth-order valence-corrected chi connectivity index (χ4v) is 2.06. The van der Waals surface area contributed by atoms with E-state index in [4.69, 9.17) is 16.3 Å². The normalized spacial score (nSPS) is 10.7. The maximum atomic E-state index is 11.8. The summed E-state index contributed by atoms with van der Waals surface area (Å²) in [6.45, 7) is 0. The molecule has 0 radical (unpaired) electrons. The number of fused-ring (bicyclic) bond motifs is 1. The van der Waals surface area contributed by atoms with E-state index < -0.39 is 5.97 Å². The second-order valence-electron chi connectivity index (χ2n) is 4.13. The molecule has 0 atom stereocenters. The number of aromatic nitrogens is 3. The van der Waals surface area contributed by atoms with Gasteiger partial charge in [-0.1, -0.05) is 23.7 Å². The number of hydrogen-bond acceptors (Lipinski definition) is 4. The fourth-order valence-electron chi connectivity index (χ4n) is 1.93. The first-order chi connectivity index (χ1) is 9.69. The first-order valence-electron chi connectivity index (χ1n) is 5.88. The smallest absolute Gasteiger partial charge is 0.356 e. The molecule has 0 amide bonds. The third-order valence-corrected chi connectivity index (χ3v) is 3.15. The van der Waals surface area contributed by atoms with Gasteiger partial charge in [-0.15, -0.1) is 0 Å². The van der Waals surface area contributed by atoms with E-state index in [0.717, 1.165) is 5.56 Å². The number of nitrogens with zero attached hydrogens (tertiary/aromatic N) is 3. The average Bonchev–Trinajstić information content (AvgIpc) is 2.94. The minimum atomic E-state index is -0.462. The van der Waals surface area contributed by atoms with Crippen LogP contribution in [-0.2, 0) is 4.74 Å². The zero-order valence-corrected chi connectivity index (χ0v) is 11.3. The van der Waals surface area contributed by atoms with Crippen molar-refractivity contribution in [3.63, 3.8) is 0 Å². The first kappa shape index (κ1) is 12.6. The van der Waals surface area contributed by atoms with Gasteiger partial charge in [-0.3, -0.25) is 0 Å². The molecule has 20 heavy (non-hydrogen) atoms. The Morgan fingerprint density at radius 1 is 1.25 bits per heavy atom. The third kappa shape index (κ3) is 2.12. The summed E-state index contributed by atoms with van der Waals surface area (Å²) >= 11 is 5.87. The molecular weight excluding hydrogens is 278 g/mol. The van der Waals surface area contributed by atoms with Crippen molar-refractivity contribution in [1.82, 2.24) is 14.6 Å². The highest BCUT2D eigenvalue weighted by atomic mass is 35.5. The van der Waals surface area contributed by atoms with E-state index in [0.29, 0.717) is 22.1 Å². The van der Waals surface area contributed by atoms with Crippen LogP contribution in [0.5, 0.6) is 0 Å². The molecule has 6 heteroatoms. The minimum Gasteiger partial charge on any atom is -0.464 e. The van der Waals surface area contributed by atoms with E-state index in [9.17, 15) is 4.79 Å². The zero-order valence-electron chi connectivity index (χ0n) is 10.6. The Morgan fingerprint density at radius 2 is 2.00 bits per heavy atom. The fraction of sp³-hybridized carbons (Fsp3) is 0.0714. The van der Waals surface area contributed by atoms with Gasteiger partial charge in [0, 0.05) is 16.7 Å². The monoisotopic (exact) mass is 287 g/mol. The highest BCUT2D eigenvalue weighted by Crippen LogP contribution is 2.22. The summed E-state index contributed by atoms with van der Waals surface area (Å²) in [6, 6.07) is 10.6. The summed E-state index contributed by atoms with van der Waals surface area (Å²) < 4.78 is 6.22. The molecule has 2 heterocycles. The van der Waals surface area contributed by atoms with Gasteiger partial charge < -0.3 is 4.74 Å². The summed E-state index contributed by atoms with van der Waals surface area (Å²) in [4.78, 5) is 16.3. The molecule has 0 saturated heterocycles. The molecule has 3 aromatic rings. The summed E-state index contributed by atoms with van der Waals surface area (Å²) in [7, 11) is 1.33. The molecular formula is C14H10ClN3O2. The van der Waals surface area contributed by atoms with Gasteiger partial charge in [0.2, 0.25) is 0 Å². The minimum absolute atomic E-state index is 0.326. The summed E-state index contributed by atoms with van der Waals surface area (Å²) in [5.41, 5.74) is 2.43. The van der Waals surface area contributed by atoms with Gasteiger partial charge >= 0.3 is 5.97 Å². The molecule has 2 aromatic heterocycles. The molecule has 0 saturated carbocycles. The lowest BCUT2D eigenvalue weighted by Gasteiger charge is -2.06. The second kappa shape index (κ2) is 4.94. The Bertz CT molecular complexity index is 781. The quantitative estimate of drug-likeness (QED) is 0.680. The molecule has 0 aliphatic heterocycles. The number of methoxy groups -OCH3 is 1. The van der Waals surface area contributed by atoms with Crippen LogP contribution in [0.15, 0.2) is 42.6 Å². The van der Waals surface area contributed by atoms with Gasteiger partial charge in [0.05, 0.1) is 19.0 Å². The Kier molecular flexibility index (Phi) is 3.12. The van der Waals surface area contributed by atoms with Crippen molar-refractivity contribution in [3.8, 4) is 11.3 Å². The molecule has 1 aromatic carbocycles. The Hall–Kier alpha value is -2.40. The summed E-state index contributed by atoms with van der Waals surface area (Å²) in [6.07, 6.45) is 1.58. The second-order valence-corrected chi connectivity index (χ2v) is 4.56. The Balaban J connectivity index is 2.21. The lowest BCUT2D eigenvalue weighted by atomic mass is 10.1. The zero-order chi connectivity index (χ0) is 14.1. The molecule has 0 spiro atoms. The summed E-state index contributed by atoms with van der Waals surface area (Å²) in [5.74, 6) is -0.462. The van der Waals surface area contributed by atoms with E-state index in [2.05, 4.69) is 10.1 Å². The number of halogens is 1. The lowest BCUT2D eigenvalue weighted by Crippen LogP contribution is -2.10. The highest BCUT2D eigenvalue weighted by molar-refractivity contribution is 6.30. The van der Waals surface area contributed by atoms with E-state index in [-0.39, 0.29) is 0 Å². The predicted octanol–water partition coefficient (Wildman–Crippen LogP) is 2.84. The van der Waals surface area contributed by atoms with Crippen LogP contribution < -0.4 is 0 Å². The molecule has 0 bridgehead atoms. The van der Waals surface area contributed by atoms with Crippen molar-refractivity contribution in [1.29, 1.82) is 0 Å². The topological polar surface area (TPSA) is 56.5 Å². The third-order valence-electron chi connectivity index (χ3n) is 2.89. The average molecular weight is 288 g/mol. The molecule has 5 nitrogen and oxygen atoms in total. The van der Waals surface area contributed by atoms with E-state index >= 15 is 0 Å². The van der Waals surface area contributed by atoms with Crippen LogP contribution in [0.1, 0.15) is 10.5 Å². The van der Waals surface area contributed by atoms with Crippen LogP contribution in [0.2, 0.25) is 5.02 Å². The lowest BCUT2D eigenvalue weighted by molar-refractivity contribution is 0.0590. The maximum Gasteiger partial charge on any atom is 0.356 e. The highest BCUT2D eigenvalue weighted by Gasteiger charge is 2.14. The van der Waals surface area contributed by atoms with Gasteiger partial charge in [0.25, 0.3) is 0 Å². The largest absolute Gasteiger partial charge is 0.464 e. The van der Waals surface area contributed by atoms with Crippen molar-refractivity contribution in [2.75, 3.05) is 7.11 Å². The first-order valence-corrected chi connectivity index (χ1v) is 6.26. The van der Waals surface area contributed by atoms with E-state index in [1.807, 2.05) is 12.1 Å². The van der Waals surface area contributed by atoms with Crippen LogP contribution in [-0.4, -0.2) is 27.7 Å². The number of hydrogen-bond donors (Lipinski definition) is 0. The van der Waals surface area contributed by atoms with Crippen molar-refractivity contribution >= 4 is 23.2 Å². The number of ether oxygens (including phenoxy) is 1. The molecule has 0 aliphatic carbocycles. The predicted molar refractivity (Wildman–Crippen MR) is 74.8 cm³/mol. The van der Waals surface area contributed by atoms with Crippen LogP contribution in [0, 0.1) is 0 Å². The molecule has 100 valence electrons.